The van der Waals surface area contributed by atoms with Crippen LogP contribution in [0, 0.1) is 0 Å². The summed E-state index contributed by atoms with van der Waals surface area (Å²) in [5.74, 6) is 0.943. The molecular weight excluding hydrogens is 338 g/mol. The van der Waals surface area contributed by atoms with E-state index in [-0.39, 0.29) is 0 Å². The summed E-state index contributed by atoms with van der Waals surface area (Å²) in [5.41, 5.74) is 2.38. The van der Waals surface area contributed by atoms with Crippen molar-refractivity contribution in [3.05, 3.63) is 63.1 Å². The van der Waals surface area contributed by atoms with Gasteiger partial charge in [-0.3, -0.25) is 0 Å². The molecule has 0 aliphatic heterocycles. The van der Waals surface area contributed by atoms with E-state index in [0.717, 1.165) is 40.3 Å². The Morgan fingerprint density at radius 2 is 1.95 bits per heavy atom. The van der Waals surface area contributed by atoms with Crippen molar-refractivity contribution < 1.29 is 4.74 Å². The SMILES string of the molecule is COc1ccccc1CCNCc1cc(Cl)ccc1Br. The molecule has 0 atom stereocenters. The first-order valence-electron chi connectivity index (χ1n) is 6.47. The number of ether oxygens (including phenoxy) is 1. The lowest BCUT2D eigenvalue weighted by atomic mass is 10.1. The molecule has 106 valence electrons. The Bertz CT molecular complexity index is 574. The van der Waals surface area contributed by atoms with Gasteiger partial charge in [-0.15, -0.1) is 0 Å². The normalized spacial score (nSPS) is 10.6. The number of benzene rings is 2. The Kier molecular flexibility index (Phi) is 5.89. The van der Waals surface area contributed by atoms with Gasteiger partial charge in [0.15, 0.2) is 0 Å². The topological polar surface area (TPSA) is 21.3 Å². The van der Waals surface area contributed by atoms with Gasteiger partial charge in [-0.05, 0) is 48.4 Å². The van der Waals surface area contributed by atoms with E-state index in [2.05, 4.69) is 27.3 Å². The number of hydrogen-bond acceptors (Lipinski definition) is 2. The summed E-state index contributed by atoms with van der Waals surface area (Å²) < 4.78 is 6.42. The summed E-state index contributed by atoms with van der Waals surface area (Å²) >= 11 is 9.53. The Balaban J connectivity index is 1.86. The van der Waals surface area contributed by atoms with E-state index in [1.807, 2.05) is 36.4 Å². The molecular formula is C16H17BrClNO. The summed E-state index contributed by atoms with van der Waals surface area (Å²) in [5, 5.41) is 4.18. The lowest BCUT2D eigenvalue weighted by Gasteiger charge is -2.10. The molecule has 2 aromatic carbocycles. The zero-order valence-corrected chi connectivity index (χ0v) is 13.7. The predicted molar refractivity (Wildman–Crippen MR) is 87.6 cm³/mol. The van der Waals surface area contributed by atoms with Crippen molar-refractivity contribution >= 4 is 27.5 Å². The standard InChI is InChI=1S/C16H17BrClNO/c1-20-16-5-3-2-4-12(16)8-9-19-11-13-10-14(18)6-7-15(13)17/h2-7,10,19H,8-9,11H2,1H3. The van der Waals surface area contributed by atoms with Gasteiger partial charge < -0.3 is 10.1 Å². The average Bonchev–Trinajstić information content (AvgIpc) is 2.47. The molecule has 0 fully saturated rings. The highest BCUT2D eigenvalue weighted by atomic mass is 79.9. The van der Waals surface area contributed by atoms with E-state index in [1.54, 1.807) is 7.11 Å². The molecule has 0 unspecified atom stereocenters. The molecule has 0 saturated carbocycles. The summed E-state index contributed by atoms with van der Waals surface area (Å²) in [6.45, 7) is 1.68. The maximum atomic E-state index is 6.00. The third-order valence-corrected chi connectivity index (χ3v) is 4.10. The van der Waals surface area contributed by atoms with Crippen LogP contribution in [0.3, 0.4) is 0 Å². The molecule has 0 saturated heterocycles. The third-order valence-electron chi connectivity index (χ3n) is 3.09. The summed E-state index contributed by atoms with van der Waals surface area (Å²) in [4.78, 5) is 0. The van der Waals surface area contributed by atoms with Crippen molar-refractivity contribution in [2.45, 2.75) is 13.0 Å². The summed E-state index contributed by atoms with van der Waals surface area (Å²) in [6, 6.07) is 13.9. The van der Waals surface area contributed by atoms with Gasteiger partial charge in [-0.2, -0.15) is 0 Å². The van der Waals surface area contributed by atoms with Crippen LogP contribution in [0.4, 0.5) is 0 Å². The number of nitrogens with one attached hydrogen (secondary N) is 1. The number of hydrogen-bond donors (Lipinski definition) is 1. The van der Waals surface area contributed by atoms with Crippen LogP contribution in [0.1, 0.15) is 11.1 Å². The molecule has 4 heteroatoms. The number of methoxy groups -OCH3 is 1. The quantitative estimate of drug-likeness (QED) is 0.774. The Morgan fingerprint density at radius 1 is 1.15 bits per heavy atom. The van der Waals surface area contributed by atoms with Crippen LogP contribution < -0.4 is 10.1 Å². The summed E-state index contributed by atoms with van der Waals surface area (Å²) in [6.07, 6.45) is 0.933. The van der Waals surface area contributed by atoms with Crippen LogP contribution in [-0.4, -0.2) is 13.7 Å². The van der Waals surface area contributed by atoms with Gasteiger partial charge in [0, 0.05) is 16.0 Å². The van der Waals surface area contributed by atoms with Crippen molar-refractivity contribution in [3.8, 4) is 5.75 Å². The molecule has 0 spiro atoms. The number of para-hydroxylation sites is 1. The fourth-order valence-electron chi connectivity index (χ4n) is 2.03. The number of rotatable bonds is 6. The fraction of sp³-hybridized carbons (Fsp3) is 0.250. The van der Waals surface area contributed by atoms with Gasteiger partial charge in [-0.25, -0.2) is 0 Å². The van der Waals surface area contributed by atoms with E-state index in [1.165, 1.54) is 5.56 Å². The maximum absolute atomic E-state index is 6.00. The smallest absolute Gasteiger partial charge is 0.122 e. The average molecular weight is 355 g/mol. The minimum Gasteiger partial charge on any atom is -0.496 e. The summed E-state index contributed by atoms with van der Waals surface area (Å²) in [7, 11) is 1.70. The largest absolute Gasteiger partial charge is 0.496 e. The zero-order valence-electron chi connectivity index (χ0n) is 11.3. The van der Waals surface area contributed by atoms with Crippen molar-refractivity contribution in [1.29, 1.82) is 0 Å². The molecule has 1 N–H and O–H groups in total. The van der Waals surface area contributed by atoms with Gasteiger partial charge in [0.2, 0.25) is 0 Å². The zero-order chi connectivity index (χ0) is 14.4. The van der Waals surface area contributed by atoms with Gasteiger partial charge in [0.25, 0.3) is 0 Å². The highest BCUT2D eigenvalue weighted by Gasteiger charge is 2.03. The molecule has 0 aromatic heterocycles. The molecule has 2 nitrogen and oxygen atoms in total. The van der Waals surface area contributed by atoms with E-state index < -0.39 is 0 Å². The monoisotopic (exact) mass is 353 g/mol. The van der Waals surface area contributed by atoms with E-state index >= 15 is 0 Å². The molecule has 0 bridgehead atoms. The lowest BCUT2D eigenvalue weighted by molar-refractivity contribution is 0.409. The predicted octanol–water partition coefficient (Wildman–Crippen LogP) is 4.44. The van der Waals surface area contributed by atoms with Crippen molar-refractivity contribution in [2.24, 2.45) is 0 Å². The van der Waals surface area contributed by atoms with Crippen molar-refractivity contribution in [1.82, 2.24) is 5.32 Å². The second kappa shape index (κ2) is 7.67. The lowest BCUT2D eigenvalue weighted by Crippen LogP contribution is -2.17. The Labute approximate surface area is 133 Å². The Hall–Kier alpha value is -1.03. The molecule has 0 radical (unpaired) electrons. The third kappa shape index (κ3) is 4.23. The second-order valence-electron chi connectivity index (χ2n) is 4.47. The van der Waals surface area contributed by atoms with Crippen LogP contribution in [0.5, 0.6) is 5.75 Å². The molecule has 20 heavy (non-hydrogen) atoms. The van der Waals surface area contributed by atoms with Gasteiger partial charge in [-0.1, -0.05) is 45.7 Å². The van der Waals surface area contributed by atoms with Gasteiger partial charge in [0.05, 0.1) is 7.11 Å². The molecule has 0 aliphatic rings. The Morgan fingerprint density at radius 3 is 2.75 bits per heavy atom. The van der Waals surface area contributed by atoms with Gasteiger partial charge in [0.1, 0.15) is 5.75 Å². The van der Waals surface area contributed by atoms with E-state index in [9.17, 15) is 0 Å². The first-order valence-corrected chi connectivity index (χ1v) is 7.64. The second-order valence-corrected chi connectivity index (χ2v) is 5.77. The van der Waals surface area contributed by atoms with Crippen LogP contribution >= 0.6 is 27.5 Å². The molecule has 2 aromatic rings. The molecule has 0 aliphatic carbocycles. The maximum Gasteiger partial charge on any atom is 0.122 e. The molecule has 2 rings (SSSR count). The molecule has 0 heterocycles. The van der Waals surface area contributed by atoms with Crippen LogP contribution in [0.25, 0.3) is 0 Å². The highest BCUT2D eigenvalue weighted by Crippen LogP contribution is 2.21. The van der Waals surface area contributed by atoms with Crippen LogP contribution in [0.15, 0.2) is 46.9 Å². The minimum absolute atomic E-state index is 0.759. The van der Waals surface area contributed by atoms with Crippen LogP contribution in [0.2, 0.25) is 5.02 Å². The minimum atomic E-state index is 0.759. The van der Waals surface area contributed by atoms with E-state index in [0.29, 0.717) is 0 Å². The van der Waals surface area contributed by atoms with Crippen molar-refractivity contribution in [2.75, 3.05) is 13.7 Å². The van der Waals surface area contributed by atoms with Crippen molar-refractivity contribution in [3.63, 3.8) is 0 Å². The fourth-order valence-corrected chi connectivity index (χ4v) is 2.62. The van der Waals surface area contributed by atoms with Crippen LogP contribution in [-0.2, 0) is 13.0 Å². The highest BCUT2D eigenvalue weighted by molar-refractivity contribution is 9.10. The van der Waals surface area contributed by atoms with Gasteiger partial charge >= 0.3 is 0 Å². The van der Waals surface area contributed by atoms with E-state index in [4.69, 9.17) is 16.3 Å². The molecule has 0 amide bonds. The first-order chi connectivity index (χ1) is 9.70. The number of halogens is 2. The first kappa shape index (κ1) is 15.4.